The molecule has 0 aliphatic heterocycles. The number of rotatable bonds is 3. The lowest BCUT2D eigenvalue weighted by atomic mass is 10.1. The molecule has 3 N–H and O–H groups in total. The minimum atomic E-state index is -0.488. The minimum Gasteiger partial charge on any atom is -0.444 e. The van der Waals surface area contributed by atoms with Gasteiger partial charge in [0.25, 0.3) is 0 Å². The summed E-state index contributed by atoms with van der Waals surface area (Å²) in [6.07, 6.45) is -0.462. The normalized spacial score (nSPS) is 13.2. The molecular weight excluding hydrogens is 180 g/mol. The summed E-state index contributed by atoms with van der Waals surface area (Å²) >= 11 is 0. The van der Waals surface area contributed by atoms with E-state index in [-0.39, 0.29) is 6.04 Å². The second-order valence-electron chi connectivity index (χ2n) is 4.28. The summed E-state index contributed by atoms with van der Waals surface area (Å²) in [5.41, 5.74) is 5.78. The van der Waals surface area contributed by atoms with Crippen LogP contribution in [0.25, 0.3) is 0 Å². The van der Waals surface area contributed by atoms with Gasteiger partial charge in [0, 0.05) is 6.54 Å². The van der Waals surface area contributed by atoms with Crippen LogP contribution in [-0.2, 0) is 4.74 Å². The molecule has 0 aromatic rings. The molecule has 0 spiro atoms. The lowest BCUT2D eigenvalue weighted by molar-refractivity contribution is 0.0513. The van der Waals surface area contributed by atoms with Gasteiger partial charge in [-0.3, -0.25) is 0 Å². The average Bonchev–Trinajstić information content (AvgIpc) is 1.96. The summed E-state index contributed by atoms with van der Waals surface area (Å²) in [4.78, 5) is 11.3. The van der Waals surface area contributed by atoms with Gasteiger partial charge in [-0.05, 0) is 27.7 Å². The fourth-order valence-corrected chi connectivity index (χ4v) is 0.833. The first-order valence-corrected chi connectivity index (χ1v) is 4.61. The van der Waals surface area contributed by atoms with E-state index in [1.54, 1.807) is 0 Å². The van der Waals surface area contributed by atoms with E-state index in [2.05, 4.69) is 11.9 Å². The van der Waals surface area contributed by atoms with Crippen LogP contribution in [0.3, 0.4) is 0 Å². The van der Waals surface area contributed by atoms with Gasteiger partial charge in [-0.15, -0.1) is 0 Å². The molecule has 0 saturated heterocycles. The molecule has 0 rings (SSSR count). The number of carbonyl (C=O) groups is 1. The van der Waals surface area contributed by atoms with Crippen molar-refractivity contribution < 1.29 is 9.53 Å². The van der Waals surface area contributed by atoms with Crippen LogP contribution in [0.5, 0.6) is 0 Å². The highest BCUT2D eigenvalue weighted by molar-refractivity contribution is 5.68. The molecule has 4 nitrogen and oxygen atoms in total. The molecule has 0 radical (unpaired) electrons. The lowest BCUT2D eigenvalue weighted by Crippen LogP contribution is -2.43. The van der Waals surface area contributed by atoms with Crippen molar-refractivity contribution in [3.8, 4) is 0 Å². The van der Waals surface area contributed by atoms with Gasteiger partial charge in [0.2, 0.25) is 0 Å². The van der Waals surface area contributed by atoms with Crippen molar-refractivity contribution in [3.05, 3.63) is 12.2 Å². The summed E-state index contributed by atoms with van der Waals surface area (Å²) in [6, 6.07) is -0.218. The number of carbonyl (C=O) groups excluding carboxylic acids is 1. The van der Waals surface area contributed by atoms with E-state index in [1.807, 2.05) is 27.7 Å². The summed E-state index contributed by atoms with van der Waals surface area (Å²) < 4.78 is 5.07. The molecule has 1 amide bonds. The smallest absolute Gasteiger partial charge is 0.408 e. The summed E-state index contributed by atoms with van der Waals surface area (Å²) in [6.45, 7) is 11.3. The largest absolute Gasteiger partial charge is 0.444 e. The Labute approximate surface area is 85.5 Å². The quantitative estimate of drug-likeness (QED) is 0.677. The van der Waals surface area contributed by atoms with Crippen LogP contribution in [0.1, 0.15) is 27.7 Å². The molecule has 1 atom stereocenters. The Hall–Kier alpha value is -1.03. The monoisotopic (exact) mass is 200 g/mol. The zero-order valence-electron chi connectivity index (χ0n) is 9.39. The fraction of sp³-hybridized carbons (Fsp3) is 0.700. The van der Waals surface area contributed by atoms with Gasteiger partial charge in [0.1, 0.15) is 5.60 Å². The second kappa shape index (κ2) is 5.00. The van der Waals surface area contributed by atoms with Crippen molar-refractivity contribution in [3.63, 3.8) is 0 Å². The number of hydrogen-bond donors (Lipinski definition) is 2. The molecule has 4 heteroatoms. The Kier molecular flexibility index (Phi) is 4.63. The highest BCUT2D eigenvalue weighted by Crippen LogP contribution is 2.07. The third kappa shape index (κ3) is 5.59. The van der Waals surface area contributed by atoms with Crippen LogP contribution in [0.2, 0.25) is 0 Å². The summed E-state index contributed by atoms with van der Waals surface area (Å²) in [5.74, 6) is 0. The fourth-order valence-electron chi connectivity index (χ4n) is 0.833. The zero-order chi connectivity index (χ0) is 11.4. The molecular formula is C10H20N2O2. The maximum Gasteiger partial charge on any atom is 0.408 e. The number of alkyl carbamates (subject to hydrolysis) is 1. The van der Waals surface area contributed by atoms with E-state index in [4.69, 9.17) is 10.5 Å². The molecule has 0 aliphatic carbocycles. The molecule has 0 aliphatic rings. The Morgan fingerprint density at radius 2 is 2.07 bits per heavy atom. The number of ether oxygens (including phenoxy) is 1. The zero-order valence-corrected chi connectivity index (χ0v) is 9.39. The van der Waals surface area contributed by atoms with E-state index in [9.17, 15) is 4.79 Å². The van der Waals surface area contributed by atoms with Crippen LogP contribution in [-0.4, -0.2) is 24.3 Å². The molecule has 0 aromatic carbocycles. The maximum atomic E-state index is 11.3. The molecule has 0 saturated carbocycles. The molecule has 0 bridgehead atoms. The molecule has 14 heavy (non-hydrogen) atoms. The Morgan fingerprint density at radius 3 is 2.36 bits per heavy atom. The van der Waals surface area contributed by atoms with Crippen molar-refractivity contribution in [1.29, 1.82) is 0 Å². The SMILES string of the molecule is C=C(C)C(CN)NC(=O)OC(C)(C)C. The first-order valence-electron chi connectivity index (χ1n) is 4.61. The van der Waals surface area contributed by atoms with Crippen molar-refractivity contribution in [2.45, 2.75) is 39.3 Å². The Morgan fingerprint density at radius 1 is 1.57 bits per heavy atom. The lowest BCUT2D eigenvalue weighted by Gasteiger charge is -2.23. The molecule has 0 aromatic heterocycles. The van der Waals surface area contributed by atoms with Gasteiger partial charge in [-0.1, -0.05) is 12.2 Å². The second-order valence-corrected chi connectivity index (χ2v) is 4.28. The number of amides is 1. The summed E-state index contributed by atoms with van der Waals surface area (Å²) in [7, 11) is 0. The van der Waals surface area contributed by atoms with E-state index in [1.165, 1.54) is 0 Å². The summed E-state index contributed by atoms with van der Waals surface area (Å²) in [5, 5.41) is 2.64. The van der Waals surface area contributed by atoms with Gasteiger partial charge >= 0.3 is 6.09 Å². The van der Waals surface area contributed by atoms with Gasteiger partial charge in [-0.25, -0.2) is 4.79 Å². The van der Waals surface area contributed by atoms with Crippen LogP contribution in [0, 0.1) is 0 Å². The molecule has 82 valence electrons. The molecule has 1 unspecified atom stereocenters. The highest BCUT2D eigenvalue weighted by Gasteiger charge is 2.18. The first-order chi connectivity index (χ1) is 6.26. The van der Waals surface area contributed by atoms with Gasteiger partial charge in [0.05, 0.1) is 6.04 Å². The van der Waals surface area contributed by atoms with Crippen LogP contribution in [0.4, 0.5) is 4.79 Å². The van der Waals surface area contributed by atoms with Gasteiger partial charge < -0.3 is 15.8 Å². The average molecular weight is 200 g/mol. The van der Waals surface area contributed by atoms with Crippen molar-refractivity contribution in [2.75, 3.05) is 6.54 Å². The van der Waals surface area contributed by atoms with Crippen molar-refractivity contribution >= 4 is 6.09 Å². The predicted molar refractivity (Wildman–Crippen MR) is 57.0 cm³/mol. The molecule has 0 fully saturated rings. The number of nitrogens with one attached hydrogen (secondary N) is 1. The van der Waals surface area contributed by atoms with Crippen molar-refractivity contribution in [2.24, 2.45) is 5.73 Å². The molecule has 0 heterocycles. The minimum absolute atomic E-state index is 0.218. The Bertz CT molecular complexity index is 219. The number of nitrogens with two attached hydrogens (primary N) is 1. The van der Waals surface area contributed by atoms with Crippen LogP contribution < -0.4 is 11.1 Å². The predicted octanol–water partition coefficient (Wildman–Crippen LogP) is 1.41. The van der Waals surface area contributed by atoms with E-state index in [0.29, 0.717) is 6.54 Å². The standard InChI is InChI=1S/C10H20N2O2/c1-7(2)8(6-11)12-9(13)14-10(3,4)5/h8H,1,6,11H2,2-5H3,(H,12,13). The first kappa shape index (κ1) is 13.0. The highest BCUT2D eigenvalue weighted by atomic mass is 16.6. The maximum absolute atomic E-state index is 11.3. The Balaban J connectivity index is 4.11. The topological polar surface area (TPSA) is 64.3 Å². The van der Waals surface area contributed by atoms with E-state index in [0.717, 1.165) is 5.57 Å². The van der Waals surface area contributed by atoms with Crippen LogP contribution >= 0.6 is 0 Å². The number of hydrogen-bond acceptors (Lipinski definition) is 3. The third-order valence-corrected chi connectivity index (χ3v) is 1.52. The van der Waals surface area contributed by atoms with Gasteiger partial charge in [0.15, 0.2) is 0 Å². The van der Waals surface area contributed by atoms with E-state index < -0.39 is 11.7 Å². The van der Waals surface area contributed by atoms with Gasteiger partial charge in [-0.2, -0.15) is 0 Å². The third-order valence-electron chi connectivity index (χ3n) is 1.52. The van der Waals surface area contributed by atoms with E-state index >= 15 is 0 Å². The van der Waals surface area contributed by atoms with Crippen molar-refractivity contribution in [1.82, 2.24) is 5.32 Å². The van der Waals surface area contributed by atoms with Crippen LogP contribution in [0.15, 0.2) is 12.2 Å².